The molecule has 6 heteroatoms. The molecule has 138 valence electrons. The van der Waals surface area contributed by atoms with E-state index in [4.69, 9.17) is 0 Å². The Labute approximate surface area is 159 Å². The van der Waals surface area contributed by atoms with Crippen molar-refractivity contribution in [3.05, 3.63) is 95.8 Å². The topological polar surface area (TPSA) is 70.5 Å². The number of hydrogen-bond donors (Lipinski definition) is 1. The van der Waals surface area contributed by atoms with Crippen LogP contribution >= 0.6 is 0 Å². The first-order chi connectivity index (χ1) is 13.1. The van der Waals surface area contributed by atoms with Gasteiger partial charge in [0.05, 0.1) is 17.0 Å². The van der Waals surface area contributed by atoms with Crippen LogP contribution < -0.4 is 0 Å². The Morgan fingerprint density at radius 1 is 0.889 bits per heavy atom. The van der Waals surface area contributed by atoms with Gasteiger partial charge in [-0.3, -0.25) is 4.98 Å². The summed E-state index contributed by atoms with van der Waals surface area (Å²) in [5.74, 6) is 0. The van der Waals surface area contributed by atoms with Gasteiger partial charge in [-0.05, 0) is 35.7 Å². The molecule has 0 fully saturated rings. The van der Waals surface area contributed by atoms with E-state index in [9.17, 15) is 13.5 Å². The van der Waals surface area contributed by atoms with Gasteiger partial charge in [0.25, 0.3) is 0 Å². The first kappa shape index (κ1) is 17.9. The summed E-state index contributed by atoms with van der Waals surface area (Å²) in [5, 5.41) is 11.0. The van der Waals surface area contributed by atoms with E-state index in [0.29, 0.717) is 12.0 Å². The lowest BCUT2D eigenvalue weighted by molar-refractivity contribution is 0.0769. The smallest absolute Gasteiger partial charge is 0.244 e. The zero-order valence-corrected chi connectivity index (χ0v) is 15.5. The lowest BCUT2D eigenvalue weighted by atomic mass is 9.95. The van der Waals surface area contributed by atoms with Gasteiger partial charge in [-0.15, -0.1) is 0 Å². The quantitative estimate of drug-likeness (QED) is 0.756. The second-order valence-corrected chi connectivity index (χ2v) is 8.50. The van der Waals surface area contributed by atoms with Crippen molar-refractivity contribution in [1.29, 1.82) is 0 Å². The van der Waals surface area contributed by atoms with E-state index < -0.39 is 22.2 Å². The van der Waals surface area contributed by atoms with Crippen molar-refractivity contribution in [1.82, 2.24) is 9.29 Å². The van der Waals surface area contributed by atoms with Gasteiger partial charge < -0.3 is 5.11 Å². The summed E-state index contributed by atoms with van der Waals surface area (Å²) in [7, 11) is -3.73. The van der Waals surface area contributed by atoms with E-state index in [1.165, 1.54) is 4.31 Å². The molecular formula is C21H20N2O3S. The molecule has 0 radical (unpaired) electrons. The molecule has 0 saturated heterocycles. The molecule has 0 saturated carbocycles. The maximum atomic E-state index is 13.4. The Balaban J connectivity index is 1.80. The summed E-state index contributed by atoms with van der Waals surface area (Å²) in [6, 6.07) is 19.4. The highest BCUT2D eigenvalue weighted by molar-refractivity contribution is 7.89. The van der Waals surface area contributed by atoms with Crippen LogP contribution in [0.25, 0.3) is 0 Å². The average Bonchev–Trinajstić information content (AvgIpc) is 2.71. The number of fused-ring (bicyclic) bond motifs is 1. The van der Waals surface area contributed by atoms with Crippen LogP contribution in [0.1, 0.15) is 22.8 Å². The number of sulfonamides is 1. The molecule has 0 bridgehead atoms. The molecule has 5 nitrogen and oxygen atoms in total. The predicted octanol–water partition coefficient (Wildman–Crippen LogP) is 2.93. The molecule has 0 aliphatic carbocycles. The summed E-state index contributed by atoms with van der Waals surface area (Å²) in [5.41, 5.74) is 2.28. The third-order valence-corrected chi connectivity index (χ3v) is 6.88. The summed E-state index contributed by atoms with van der Waals surface area (Å²) in [4.78, 5) is 4.17. The first-order valence-corrected chi connectivity index (χ1v) is 10.2. The second-order valence-electron chi connectivity index (χ2n) is 6.65. The van der Waals surface area contributed by atoms with Gasteiger partial charge in [0.2, 0.25) is 10.0 Å². The molecule has 3 aromatic rings. The highest BCUT2D eigenvalue weighted by Gasteiger charge is 2.43. The standard InChI is InChI=1S/C21H20N2O3S/c24-21-18-8-4-5-9-20(18)27(25,26)23(15-17-10-12-22-13-11-17)19(21)14-16-6-2-1-3-7-16/h1-13,19,21,24H,14-15H2/t19-,21-/m1/s1. The van der Waals surface area contributed by atoms with Gasteiger partial charge in [-0.1, -0.05) is 48.5 Å². The third-order valence-electron chi connectivity index (χ3n) is 4.93. The number of aromatic nitrogens is 1. The fraction of sp³-hybridized carbons (Fsp3) is 0.190. The highest BCUT2D eigenvalue weighted by atomic mass is 32.2. The van der Waals surface area contributed by atoms with Crippen molar-refractivity contribution < 1.29 is 13.5 Å². The van der Waals surface area contributed by atoms with Crippen molar-refractivity contribution in [2.24, 2.45) is 0 Å². The minimum atomic E-state index is -3.73. The van der Waals surface area contributed by atoms with Crippen molar-refractivity contribution in [2.45, 2.75) is 30.0 Å². The van der Waals surface area contributed by atoms with Crippen LogP contribution in [-0.2, 0) is 23.0 Å². The number of rotatable bonds is 4. The molecule has 27 heavy (non-hydrogen) atoms. The van der Waals surface area contributed by atoms with Gasteiger partial charge in [-0.25, -0.2) is 8.42 Å². The van der Waals surface area contributed by atoms with E-state index in [1.54, 1.807) is 48.8 Å². The molecule has 1 N–H and O–H groups in total. The van der Waals surface area contributed by atoms with Crippen LogP contribution in [0.3, 0.4) is 0 Å². The normalized spacial score (nSPS) is 21.5. The number of benzene rings is 2. The monoisotopic (exact) mass is 380 g/mol. The molecule has 4 rings (SSSR count). The lowest BCUT2D eigenvalue weighted by Crippen LogP contribution is -2.48. The van der Waals surface area contributed by atoms with Gasteiger partial charge in [0.15, 0.2) is 0 Å². The van der Waals surface area contributed by atoms with Crippen LogP contribution in [0.5, 0.6) is 0 Å². The molecule has 1 aromatic heterocycles. The highest BCUT2D eigenvalue weighted by Crippen LogP contribution is 2.38. The predicted molar refractivity (Wildman–Crippen MR) is 102 cm³/mol. The maximum absolute atomic E-state index is 13.4. The number of aliphatic hydroxyl groups excluding tert-OH is 1. The largest absolute Gasteiger partial charge is 0.387 e. The van der Waals surface area contributed by atoms with Crippen LogP contribution in [0.2, 0.25) is 0 Å². The van der Waals surface area contributed by atoms with E-state index in [0.717, 1.165) is 11.1 Å². The Kier molecular flexibility index (Phi) is 4.78. The minimum Gasteiger partial charge on any atom is -0.387 e. The fourth-order valence-electron chi connectivity index (χ4n) is 3.57. The molecule has 0 spiro atoms. The summed E-state index contributed by atoms with van der Waals surface area (Å²) in [6.45, 7) is 0.188. The molecule has 1 aliphatic rings. The first-order valence-electron chi connectivity index (χ1n) is 8.79. The number of pyridine rings is 1. The molecular weight excluding hydrogens is 360 g/mol. The lowest BCUT2D eigenvalue weighted by Gasteiger charge is -2.39. The van der Waals surface area contributed by atoms with Crippen LogP contribution in [0.4, 0.5) is 0 Å². The molecule has 0 unspecified atom stereocenters. The third kappa shape index (κ3) is 3.39. The second kappa shape index (κ2) is 7.23. The van der Waals surface area contributed by atoms with Gasteiger partial charge in [0, 0.05) is 24.5 Å². The van der Waals surface area contributed by atoms with Crippen molar-refractivity contribution in [2.75, 3.05) is 0 Å². The van der Waals surface area contributed by atoms with E-state index >= 15 is 0 Å². The molecule has 2 heterocycles. The molecule has 2 atom stereocenters. The van der Waals surface area contributed by atoms with Crippen LogP contribution in [0, 0.1) is 0 Å². The van der Waals surface area contributed by atoms with Crippen LogP contribution in [0.15, 0.2) is 84.0 Å². The van der Waals surface area contributed by atoms with E-state index in [1.807, 2.05) is 30.3 Å². The SMILES string of the molecule is O=S1(=O)c2ccccc2[C@@H](O)[C@@H](Cc2ccccc2)N1Cc1ccncc1. The number of nitrogens with zero attached hydrogens (tertiary/aromatic N) is 2. The summed E-state index contributed by atoms with van der Waals surface area (Å²) >= 11 is 0. The molecule has 1 aliphatic heterocycles. The maximum Gasteiger partial charge on any atom is 0.244 e. The van der Waals surface area contributed by atoms with E-state index in [-0.39, 0.29) is 11.4 Å². The number of hydrogen-bond acceptors (Lipinski definition) is 4. The summed E-state index contributed by atoms with van der Waals surface area (Å²) < 4.78 is 28.1. The van der Waals surface area contributed by atoms with Crippen LogP contribution in [-0.4, -0.2) is 28.9 Å². The average molecular weight is 380 g/mol. The van der Waals surface area contributed by atoms with Gasteiger partial charge in [-0.2, -0.15) is 4.31 Å². The zero-order chi connectivity index (χ0) is 18.9. The van der Waals surface area contributed by atoms with Crippen molar-refractivity contribution in [3.8, 4) is 0 Å². The minimum absolute atomic E-state index is 0.177. The summed E-state index contributed by atoms with van der Waals surface area (Å²) in [6.07, 6.45) is 2.82. The van der Waals surface area contributed by atoms with E-state index in [2.05, 4.69) is 4.98 Å². The Bertz CT molecular complexity index is 1020. The van der Waals surface area contributed by atoms with Crippen molar-refractivity contribution >= 4 is 10.0 Å². The van der Waals surface area contributed by atoms with Gasteiger partial charge >= 0.3 is 0 Å². The molecule has 0 amide bonds. The zero-order valence-electron chi connectivity index (χ0n) is 14.6. The van der Waals surface area contributed by atoms with Crippen molar-refractivity contribution in [3.63, 3.8) is 0 Å². The van der Waals surface area contributed by atoms with Gasteiger partial charge in [0.1, 0.15) is 0 Å². The fourth-order valence-corrected chi connectivity index (χ4v) is 5.42. The Morgan fingerprint density at radius 2 is 1.56 bits per heavy atom. The Morgan fingerprint density at radius 3 is 2.30 bits per heavy atom. The Hall–Kier alpha value is -2.54. The molecule has 2 aromatic carbocycles. The number of aliphatic hydroxyl groups is 1.